The van der Waals surface area contributed by atoms with Crippen molar-refractivity contribution in [3.63, 3.8) is 0 Å². The van der Waals surface area contributed by atoms with Crippen LogP contribution < -0.4 is 5.32 Å². The Labute approximate surface area is 136 Å². The molecule has 0 bridgehead atoms. The highest BCUT2D eigenvalue weighted by atomic mass is 35.5. The molecule has 1 aliphatic heterocycles. The van der Waals surface area contributed by atoms with Gasteiger partial charge in [-0.1, -0.05) is 25.4 Å². The first-order chi connectivity index (χ1) is 10.6. The van der Waals surface area contributed by atoms with Gasteiger partial charge in [0.05, 0.1) is 0 Å². The van der Waals surface area contributed by atoms with Crippen LogP contribution in [-0.4, -0.2) is 29.3 Å². The molecule has 0 radical (unpaired) electrons. The molecule has 0 aliphatic carbocycles. The molecular formula is C17H23ClN2O2. The molecular weight excluding hydrogens is 300 g/mol. The third-order valence-corrected chi connectivity index (χ3v) is 4.54. The molecule has 0 unspecified atom stereocenters. The number of anilines is 1. The molecule has 0 aromatic heterocycles. The number of carbonyl (C=O) groups is 2. The van der Waals surface area contributed by atoms with Crippen molar-refractivity contribution in [3.05, 3.63) is 29.3 Å². The zero-order valence-electron chi connectivity index (χ0n) is 13.1. The van der Waals surface area contributed by atoms with Crippen LogP contribution in [-0.2, 0) is 9.59 Å². The third kappa shape index (κ3) is 3.80. The highest BCUT2D eigenvalue weighted by Crippen LogP contribution is 2.24. The second kappa shape index (κ2) is 7.63. The Bertz CT molecular complexity index is 526. The zero-order valence-corrected chi connectivity index (χ0v) is 13.9. The van der Waals surface area contributed by atoms with Gasteiger partial charge in [-0.15, -0.1) is 0 Å². The molecule has 1 atom stereocenters. The van der Waals surface area contributed by atoms with Gasteiger partial charge in [-0.2, -0.15) is 0 Å². The Morgan fingerprint density at radius 2 is 1.91 bits per heavy atom. The first-order valence-electron chi connectivity index (χ1n) is 7.93. The third-order valence-electron chi connectivity index (χ3n) is 4.29. The SMILES string of the molecule is CCC(CC)C(=O)N1CCC[C@@H]1C(=O)Nc1ccc(Cl)cc1. The Kier molecular flexibility index (Phi) is 5.83. The summed E-state index contributed by atoms with van der Waals surface area (Å²) >= 11 is 5.84. The van der Waals surface area contributed by atoms with Crippen molar-refractivity contribution in [2.75, 3.05) is 11.9 Å². The first-order valence-corrected chi connectivity index (χ1v) is 8.31. The Balaban J connectivity index is 2.04. The molecule has 2 rings (SSSR count). The molecule has 1 N–H and O–H groups in total. The van der Waals surface area contributed by atoms with E-state index < -0.39 is 0 Å². The van der Waals surface area contributed by atoms with Crippen molar-refractivity contribution in [2.45, 2.75) is 45.6 Å². The number of amides is 2. The van der Waals surface area contributed by atoms with Crippen LogP contribution in [0.5, 0.6) is 0 Å². The number of halogens is 1. The molecule has 4 nitrogen and oxygen atoms in total. The standard InChI is InChI=1S/C17H23ClN2O2/c1-3-12(4-2)17(22)20-11-5-6-15(20)16(21)19-14-9-7-13(18)8-10-14/h7-10,12,15H,3-6,11H2,1-2H3,(H,19,21)/t15-/m1/s1. The molecule has 5 heteroatoms. The van der Waals surface area contributed by atoms with E-state index in [-0.39, 0.29) is 23.8 Å². The van der Waals surface area contributed by atoms with Crippen LogP contribution >= 0.6 is 11.6 Å². The van der Waals surface area contributed by atoms with Crippen LogP contribution in [0.2, 0.25) is 5.02 Å². The van der Waals surface area contributed by atoms with E-state index in [9.17, 15) is 9.59 Å². The average Bonchev–Trinajstić information content (AvgIpc) is 3.00. The predicted octanol–water partition coefficient (Wildman–Crippen LogP) is 3.71. The highest BCUT2D eigenvalue weighted by molar-refractivity contribution is 6.30. The van der Waals surface area contributed by atoms with Gasteiger partial charge >= 0.3 is 0 Å². The van der Waals surface area contributed by atoms with Gasteiger partial charge in [-0.25, -0.2) is 0 Å². The fraction of sp³-hybridized carbons (Fsp3) is 0.529. The summed E-state index contributed by atoms with van der Waals surface area (Å²) in [6.45, 7) is 4.71. The lowest BCUT2D eigenvalue weighted by Crippen LogP contribution is -2.45. The van der Waals surface area contributed by atoms with Gasteiger partial charge < -0.3 is 10.2 Å². The number of benzene rings is 1. The van der Waals surface area contributed by atoms with Gasteiger partial charge in [0.2, 0.25) is 11.8 Å². The van der Waals surface area contributed by atoms with E-state index in [1.807, 2.05) is 13.8 Å². The van der Waals surface area contributed by atoms with Crippen LogP contribution in [0.3, 0.4) is 0 Å². The van der Waals surface area contributed by atoms with E-state index in [0.717, 1.165) is 25.7 Å². The zero-order chi connectivity index (χ0) is 16.1. The maximum Gasteiger partial charge on any atom is 0.247 e. The molecule has 1 saturated heterocycles. The number of rotatable bonds is 5. The highest BCUT2D eigenvalue weighted by Gasteiger charge is 2.36. The molecule has 2 amide bonds. The Morgan fingerprint density at radius 3 is 2.50 bits per heavy atom. The van der Waals surface area contributed by atoms with E-state index in [1.54, 1.807) is 29.2 Å². The fourth-order valence-corrected chi connectivity index (χ4v) is 3.06. The van der Waals surface area contributed by atoms with Gasteiger partial charge in [0.25, 0.3) is 0 Å². The summed E-state index contributed by atoms with van der Waals surface area (Å²) in [7, 11) is 0. The molecule has 22 heavy (non-hydrogen) atoms. The minimum absolute atomic E-state index is 0.0175. The lowest BCUT2D eigenvalue weighted by molar-refractivity contribution is -0.140. The summed E-state index contributed by atoms with van der Waals surface area (Å²) in [5.41, 5.74) is 0.705. The number of hydrogen-bond acceptors (Lipinski definition) is 2. The van der Waals surface area contributed by atoms with Crippen LogP contribution in [0.25, 0.3) is 0 Å². The van der Waals surface area contributed by atoms with Crippen molar-refractivity contribution < 1.29 is 9.59 Å². The summed E-state index contributed by atoms with van der Waals surface area (Å²) in [6.07, 6.45) is 3.24. The monoisotopic (exact) mass is 322 g/mol. The molecule has 0 saturated carbocycles. The fourth-order valence-electron chi connectivity index (χ4n) is 2.93. The maximum atomic E-state index is 12.5. The maximum absolute atomic E-state index is 12.5. The van der Waals surface area contributed by atoms with Crippen molar-refractivity contribution in [1.29, 1.82) is 0 Å². The summed E-state index contributed by atoms with van der Waals surface area (Å²) in [4.78, 5) is 26.8. The number of carbonyl (C=O) groups excluding carboxylic acids is 2. The van der Waals surface area contributed by atoms with Gasteiger partial charge in [0.1, 0.15) is 6.04 Å². The second-order valence-electron chi connectivity index (χ2n) is 5.70. The van der Waals surface area contributed by atoms with Gasteiger partial charge in [0, 0.05) is 23.2 Å². The van der Waals surface area contributed by atoms with Crippen molar-refractivity contribution in [2.24, 2.45) is 5.92 Å². The second-order valence-corrected chi connectivity index (χ2v) is 6.14. The molecule has 1 aliphatic rings. The van der Waals surface area contributed by atoms with Crippen LogP contribution in [0.15, 0.2) is 24.3 Å². The average molecular weight is 323 g/mol. The van der Waals surface area contributed by atoms with Crippen molar-refractivity contribution >= 4 is 29.1 Å². The predicted molar refractivity (Wildman–Crippen MR) is 88.9 cm³/mol. The van der Waals surface area contributed by atoms with Crippen molar-refractivity contribution in [1.82, 2.24) is 4.90 Å². The largest absolute Gasteiger partial charge is 0.330 e. The van der Waals surface area contributed by atoms with E-state index in [4.69, 9.17) is 11.6 Å². The van der Waals surface area contributed by atoms with Crippen LogP contribution in [0, 0.1) is 5.92 Å². The van der Waals surface area contributed by atoms with Gasteiger partial charge in [0.15, 0.2) is 0 Å². The minimum atomic E-state index is -0.358. The van der Waals surface area contributed by atoms with E-state index >= 15 is 0 Å². The molecule has 0 spiro atoms. The van der Waals surface area contributed by atoms with E-state index in [1.165, 1.54) is 0 Å². The molecule has 1 heterocycles. The number of hydrogen-bond donors (Lipinski definition) is 1. The van der Waals surface area contributed by atoms with Crippen LogP contribution in [0.1, 0.15) is 39.5 Å². The molecule has 1 aromatic rings. The summed E-state index contributed by atoms with van der Waals surface area (Å²) < 4.78 is 0. The minimum Gasteiger partial charge on any atom is -0.330 e. The molecule has 1 fully saturated rings. The summed E-state index contributed by atoms with van der Waals surface area (Å²) in [5.74, 6) is 0.0156. The topological polar surface area (TPSA) is 49.4 Å². The normalized spacial score (nSPS) is 17.8. The quantitative estimate of drug-likeness (QED) is 0.898. The number of likely N-dealkylation sites (tertiary alicyclic amines) is 1. The lowest BCUT2D eigenvalue weighted by Gasteiger charge is -2.27. The Hall–Kier alpha value is -1.55. The number of nitrogens with one attached hydrogen (secondary N) is 1. The van der Waals surface area contributed by atoms with Crippen molar-refractivity contribution in [3.8, 4) is 0 Å². The number of nitrogens with zero attached hydrogens (tertiary/aromatic N) is 1. The summed E-state index contributed by atoms with van der Waals surface area (Å²) in [5, 5.41) is 3.51. The first kappa shape index (κ1) is 16.8. The van der Waals surface area contributed by atoms with E-state index in [0.29, 0.717) is 17.3 Å². The van der Waals surface area contributed by atoms with Gasteiger partial charge in [-0.3, -0.25) is 9.59 Å². The smallest absolute Gasteiger partial charge is 0.247 e. The molecule has 120 valence electrons. The van der Waals surface area contributed by atoms with Gasteiger partial charge in [-0.05, 0) is 49.9 Å². The van der Waals surface area contributed by atoms with Crippen LogP contribution in [0.4, 0.5) is 5.69 Å². The lowest BCUT2D eigenvalue weighted by atomic mass is 10.0. The Morgan fingerprint density at radius 1 is 1.27 bits per heavy atom. The molecule has 1 aromatic carbocycles. The summed E-state index contributed by atoms with van der Waals surface area (Å²) in [6, 6.07) is 6.64. The van der Waals surface area contributed by atoms with E-state index in [2.05, 4.69) is 5.32 Å².